The Morgan fingerprint density at radius 3 is 2.24 bits per heavy atom. The molecular formula is C31H29N3O7. The van der Waals surface area contributed by atoms with E-state index in [0.717, 1.165) is 16.9 Å². The third-order valence-corrected chi connectivity index (χ3v) is 8.94. The molecule has 6 amide bonds. The zero-order chi connectivity index (χ0) is 29.1. The van der Waals surface area contributed by atoms with Crippen molar-refractivity contribution in [3.05, 3.63) is 77.4 Å². The third kappa shape index (κ3) is 3.69. The van der Waals surface area contributed by atoms with Crippen LogP contribution < -0.4 is 4.90 Å². The lowest BCUT2D eigenvalue weighted by molar-refractivity contribution is -0.150. The smallest absolute Gasteiger partial charge is 0.335 e. The molecule has 0 bridgehead atoms. The summed E-state index contributed by atoms with van der Waals surface area (Å²) in [5.74, 6) is -5.61. The van der Waals surface area contributed by atoms with E-state index in [1.165, 1.54) is 4.90 Å². The fraction of sp³-hybridized carbons (Fsp3) is 0.355. The van der Waals surface area contributed by atoms with E-state index in [4.69, 9.17) is 4.74 Å². The lowest BCUT2D eigenvalue weighted by Crippen LogP contribution is -2.65. The molecule has 2 aromatic carbocycles. The molecule has 10 heteroatoms. The number of amides is 6. The van der Waals surface area contributed by atoms with Gasteiger partial charge in [-0.05, 0) is 37.0 Å². The van der Waals surface area contributed by atoms with E-state index in [2.05, 4.69) is 0 Å². The minimum Gasteiger partial charge on any atom is -0.468 e. The third-order valence-electron chi connectivity index (χ3n) is 8.94. The fourth-order valence-corrected chi connectivity index (χ4v) is 7.27. The van der Waals surface area contributed by atoms with Crippen molar-refractivity contribution in [3.8, 4) is 0 Å². The summed E-state index contributed by atoms with van der Waals surface area (Å²) in [7, 11) is 1.15. The second-order valence-corrected chi connectivity index (χ2v) is 10.8. The van der Waals surface area contributed by atoms with Crippen LogP contribution in [-0.2, 0) is 35.1 Å². The van der Waals surface area contributed by atoms with Crippen LogP contribution in [0.1, 0.15) is 31.7 Å². The van der Waals surface area contributed by atoms with Crippen molar-refractivity contribution < 1.29 is 33.5 Å². The number of hydrogen-bond acceptors (Lipinski definition) is 7. The van der Waals surface area contributed by atoms with Crippen molar-refractivity contribution in [2.75, 3.05) is 18.6 Å². The summed E-state index contributed by atoms with van der Waals surface area (Å²) < 4.78 is 4.75. The number of rotatable bonds is 6. The molecule has 0 spiro atoms. The van der Waals surface area contributed by atoms with Crippen LogP contribution in [0.4, 0.5) is 10.5 Å². The van der Waals surface area contributed by atoms with E-state index in [-0.39, 0.29) is 18.7 Å². The van der Waals surface area contributed by atoms with Gasteiger partial charge in [-0.1, -0.05) is 61.0 Å². The summed E-state index contributed by atoms with van der Waals surface area (Å²) in [4.78, 5) is 85.7. The van der Waals surface area contributed by atoms with E-state index in [0.29, 0.717) is 35.2 Å². The van der Waals surface area contributed by atoms with Gasteiger partial charge in [0.2, 0.25) is 11.8 Å². The number of fused-ring (bicyclic) bond motifs is 5. The Hall–Kier alpha value is -4.60. The van der Waals surface area contributed by atoms with E-state index in [1.54, 1.807) is 61.5 Å². The van der Waals surface area contributed by atoms with Crippen molar-refractivity contribution in [2.24, 2.45) is 17.8 Å². The maximum Gasteiger partial charge on any atom is 0.335 e. The normalized spacial score (nSPS) is 27.3. The molecule has 3 fully saturated rings. The Morgan fingerprint density at radius 1 is 0.951 bits per heavy atom. The number of hydrogen-bond donors (Lipinski definition) is 0. The first-order chi connectivity index (χ1) is 19.8. The van der Waals surface area contributed by atoms with Gasteiger partial charge in [-0.3, -0.25) is 33.8 Å². The highest BCUT2D eigenvalue weighted by molar-refractivity contribution is 6.24. The number of para-hydroxylation sites is 1. The highest BCUT2D eigenvalue weighted by Gasteiger charge is 2.72. The van der Waals surface area contributed by atoms with E-state index in [1.807, 2.05) is 6.07 Å². The summed E-state index contributed by atoms with van der Waals surface area (Å²) in [6.07, 6.45) is 0.897. The molecule has 3 aliphatic heterocycles. The Balaban J connectivity index is 1.58. The standard InChI is InChI=1S/C31H29N3O7/c1-3-20-21-14-15-22-24(28(38)33(26(22)36)19-12-8-5-9-13-19)25(21)31(16-18-10-6-4-7-11-18)29(39)32(17-23(35)41-2)30(40)34(31)27(20)37/h4-13,22,24-25H,3,14-17H2,1-2H3/t22-,24-,25+,31+/m1/s1. The largest absolute Gasteiger partial charge is 0.468 e. The Bertz CT molecular complexity index is 1520. The number of benzene rings is 2. The number of esters is 1. The van der Waals surface area contributed by atoms with Gasteiger partial charge in [0.1, 0.15) is 12.1 Å². The number of anilines is 1. The van der Waals surface area contributed by atoms with Gasteiger partial charge in [-0.25, -0.2) is 9.69 Å². The Morgan fingerprint density at radius 2 is 1.61 bits per heavy atom. The molecule has 4 aliphatic rings. The number of urea groups is 1. The molecular weight excluding hydrogens is 526 g/mol. The predicted molar refractivity (Wildman–Crippen MR) is 145 cm³/mol. The molecule has 0 radical (unpaired) electrons. The fourth-order valence-electron chi connectivity index (χ4n) is 7.27. The zero-order valence-electron chi connectivity index (χ0n) is 22.7. The van der Waals surface area contributed by atoms with Gasteiger partial charge in [0.15, 0.2) is 0 Å². The van der Waals surface area contributed by atoms with Gasteiger partial charge in [0.25, 0.3) is 11.8 Å². The average molecular weight is 556 g/mol. The summed E-state index contributed by atoms with van der Waals surface area (Å²) in [6, 6.07) is 16.6. The molecule has 2 saturated heterocycles. The van der Waals surface area contributed by atoms with Crippen LogP contribution in [0.25, 0.3) is 0 Å². The zero-order valence-corrected chi connectivity index (χ0v) is 22.7. The summed E-state index contributed by atoms with van der Waals surface area (Å²) in [5.41, 5.74) is 0.285. The second kappa shape index (κ2) is 9.79. The SMILES string of the molecule is CCC1=C2CC[C@H]3C(=O)N(c4ccccc4)C(=O)[C@H]3[C@H]2[C@@]2(Cc3ccccc3)C(=O)N(CC(=O)OC)C(=O)N2C1=O. The van der Waals surface area contributed by atoms with Crippen LogP contribution in [-0.4, -0.2) is 64.6 Å². The van der Waals surface area contributed by atoms with Crippen molar-refractivity contribution in [3.63, 3.8) is 0 Å². The van der Waals surface area contributed by atoms with Gasteiger partial charge in [-0.15, -0.1) is 0 Å². The van der Waals surface area contributed by atoms with E-state index >= 15 is 0 Å². The van der Waals surface area contributed by atoms with Gasteiger partial charge in [0.05, 0.1) is 24.6 Å². The van der Waals surface area contributed by atoms with Crippen LogP contribution in [0.15, 0.2) is 71.8 Å². The maximum atomic E-state index is 14.5. The molecule has 6 rings (SSSR count). The minimum atomic E-state index is -1.83. The van der Waals surface area contributed by atoms with Crippen LogP contribution >= 0.6 is 0 Å². The number of carbonyl (C=O) groups excluding carboxylic acids is 6. The first-order valence-corrected chi connectivity index (χ1v) is 13.7. The summed E-state index contributed by atoms with van der Waals surface area (Å²) in [6.45, 7) is 1.12. The first-order valence-electron chi connectivity index (χ1n) is 13.7. The predicted octanol–water partition coefficient (Wildman–Crippen LogP) is 2.87. The second-order valence-electron chi connectivity index (χ2n) is 10.8. The van der Waals surface area contributed by atoms with E-state index < -0.39 is 59.6 Å². The quantitative estimate of drug-likeness (QED) is 0.305. The highest BCUT2D eigenvalue weighted by Crippen LogP contribution is 2.57. The molecule has 10 nitrogen and oxygen atoms in total. The average Bonchev–Trinajstić information content (AvgIpc) is 3.36. The number of carbonyl (C=O) groups is 6. The molecule has 210 valence electrons. The van der Waals surface area contributed by atoms with Crippen molar-refractivity contribution in [1.82, 2.24) is 9.80 Å². The van der Waals surface area contributed by atoms with Crippen molar-refractivity contribution in [1.29, 1.82) is 0 Å². The summed E-state index contributed by atoms with van der Waals surface area (Å²) >= 11 is 0. The number of ether oxygens (including phenoxy) is 1. The maximum absolute atomic E-state index is 14.5. The van der Waals surface area contributed by atoms with Crippen LogP contribution in [0.5, 0.6) is 0 Å². The van der Waals surface area contributed by atoms with Crippen LogP contribution in [0, 0.1) is 17.8 Å². The van der Waals surface area contributed by atoms with Crippen molar-refractivity contribution >= 4 is 41.3 Å². The molecule has 1 aliphatic carbocycles. The Kier molecular flexibility index (Phi) is 6.36. The molecule has 4 atom stereocenters. The Labute approximate surface area is 236 Å². The van der Waals surface area contributed by atoms with Gasteiger partial charge in [-0.2, -0.15) is 0 Å². The molecule has 3 heterocycles. The molecule has 1 saturated carbocycles. The lowest BCUT2D eigenvalue weighted by atomic mass is 9.57. The molecule has 0 N–H and O–H groups in total. The van der Waals surface area contributed by atoms with Gasteiger partial charge >= 0.3 is 12.0 Å². The topological polar surface area (TPSA) is 121 Å². The number of methoxy groups -OCH3 is 1. The molecule has 0 unspecified atom stereocenters. The van der Waals surface area contributed by atoms with Gasteiger partial charge in [0, 0.05) is 17.9 Å². The monoisotopic (exact) mass is 555 g/mol. The minimum absolute atomic E-state index is 0.0665. The number of nitrogens with zero attached hydrogens (tertiary/aromatic N) is 3. The van der Waals surface area contributed by atoms with Crippen LogP contribution in [0.3, 0.4) is 0 Å². The summed E-state index contributed by atoms with van der Waals surface area (Å²) in [5, 5.41) is 0. The van der Waals surface area contributed by atoms with Gasteiger partial charge < -0.3 is 4.74 Å². The lowest BCUT2D eigenvalue weighted by Gasteiger charge is -2.50. The van der Waals surface area contributed by atoms with Crippen LogP contribution in [0.2, 0.25) is 0 Å². The molecule has 2 aromatic rings. The molecule has 41 heavy (non-hydrogen) atoms. The van der Waals surface area contributed by atoms with E-state index in [9.17, 15) is 28.8 Å². The number of imide groups is 3. The van der Waals surface area contributed by atoms with Crippen molar-refractivity contribution in [2.45, 2.75) is 38.1 Å². The highest BCUT2D eigenvalue weighted by atomic mass is 16.5. The first kappa shape index (κ1) is 26.6. The molecule has 0 aromatic heterocycles.